The van der Waals surface area contributed by atoms with Gasteiger partial charge in [0.15, 0.2) is 0 Å². The minimum Gasteiger partial charge on any atom is -0.372 e. The van der Waals surface area contributed by atoms with Gasteiger partial charge in [0, 0.05) is 70.4 Å². The molecule has 0 saturated carbocycles. The number of ether oxygens (including phenoxy) is 2. The molecule has 0 bridgehead atoms. The fourth-order valence-corrected chi connectivity index (χ4v) is 6.86. The van der Waals surface area contributed by atoms with Gasteiger partial charge in [-0.15, -0.1) is 0 Å². The molecule has 4 aliphatic heterocycles. The molecule has 0 atom stereocenters. The maximum absolute atomic E-state index is 11.7. The van der Waals surface area contributed by atoms with Crippen molar-refractivity contribution in [3.05, 3.63) is 0 Å². The second kappa shape index (κ2) is 21.2. The van der Waals surface area contributed by atoms with Crippen LogP contribution in [0.25, 0.3) is 0 Å². The van der Waals surface area contributed by atoms with Gasteiger partial charge in [0.2, 0.25) is 15.9 Å². The number of carbonyl (C=O) groups is 1. The molecule has 0 aromatic carbocycles. The monoisotopic (exact) mass is 665 g/mol. The zero-order chi connectivity index (χ0) is 35.7. The highest BCUT2D eigenvalue weighted by atomic mass is 32.2. The summed E-state index contributed by atoms with van der Waals surface area (Å²) in [6.45, 7) is 38.9. The number of likely N-dealkylation sites (tertiary alicyclic amines) is 2. The predicted molar refractivity (Wildman–Crippen MR) is 193 cm³/mol. The molecule has 0 aromatic heterocycles. The third kappa shape index (κ3) is 15.3. The lowest BCUT2D eigenvalue weighted by Crippen LogP contribution is -2.59. The van der Waals surface area contributed by atoms with E-state index in [1.54, 1.807) is 11.2 Å². The fourth-order valence-electron chi connectivity index (χ4n) is 5.98. The van der Waals surface area contributed by atoms with Gasteiger partial charge in [0.1, 0.15) is 0 Å². The van der Waals surface area contributed by atoms with E-state index in [1.165, 1.54) is 6.26 Å². The fraction of sp³-hybridized carbons (Fsp3) is 0.971. The molecule has 0 radical (unpaired) electrons. The van der Waals surface area contributed by atoms with Crippen LogP contribution in [0.4, 0.5) is 0 Å². The molecule has 4 heterocycles. The molecular weight excluding hydrogens is 588 g/mol. The third-order valence-corrected chi connectivity index (χ3v) is 9.87. The van der Waals surface area contributed by atoms with E-state index >= 15 is 0 Å². The number of carbonyl (C=O) groups excluding carboxylic acids is 1. The Bertz CT molecular complexity index is 883. The van der Waals surface area contributed by atoms with Gasteiger partial charge >= 0.3 is 0 Å². The van der Waals surface area contributed by atoms with E-state index in [0.29, 0.717) is 26.3 Å². The molecule has 0 unspecified atom stereocenters. The largest absolute Gasteiger partial charge is 0.372 e. The van der Waals surface area contributed by atoms with Gasteiger partial charge in [-0.1, -0.05) is 55.4 Å². The first-order chi connectivity index (χ1) is 20.9. The van der Waals surface area contributed by atoms with Crippen LogP contribution in [0.3, 0.4) is 0 Å². The molecule has 0 aromatic rings. The summed E-state index contributed by atoms with van der Waals surface area (Å²) in [5.74, 6) is 0.177. The zero-order valence-electron chi connectivity index (χ0n) is 32.6. The first-order valence-electron chi connectivity index (χ1n) is 17.9. The number of amides is 1. The molecule has 0 N–H and O–H groups in total. The number of hydrogen-bond donors (Lipinski definition) is 0. The van der Waals surface area contributed by atoms with Crippen LogP contribution in [0.15, 0.2) is 0 Å². The van der Waals surface area contributed by atoms with Crippen molar-refractivity contribution in [1.29, 1.82) is 0 Å². The smallest absolute Gasteiger partial charge is 0.219 e. The molecule has 1 amide bonds. The van der Waals surface area contributed by atoms with Crippen LogP contribution in [0, 0.1) is 0 Å². The van der Waals surface area contributed by atoms with Gasteiger partial charge in [0.25, 0.3) is 0 Å². The van der Waals surface area contributed by atoms with Crippen molar-refractivity contribution in [1.82, 2.24) is 19.0 Å². The molecule has 10 heteroatoms. The molecule has 4 saturated heterocycles. The van der Waals surface area contributed by atoms with Crippen LogP contribution in [0.5, 0.6) is 0 Å². The summed E-state index contributed by atoms with van der Waals surface area (Å²) in [7, 11) is -3.10. The van der Waals surface area contributed by atoms with Crippen LogP contribution in [-0.2, 0) is 24.3 Å². The Morgan fingerprint density at radius 2 is 0.933 bits per heavy atom. The van der Waals surface area contributed by atoms with Crippen LogP contribution in [-0.4, -0.2) is 127 Å². The molecule has 0 aliphatic carbocycles. The van der Waals surface area contributed by atoms with Gasteiger partial charge in [-0.25, -0.2) is 8.42 Å². The van der Waals surface area contributed by atoms with E-state index in [-0.39, 0.29) is 28.2 Å². The van der Waals surface area contributed by atoms with E-state index in [9.17, 15) is 13.2 Å². The van der Waals surface area contributed by atoms with Crippen LogP contribution < -0.4 is 0 Å². The number of sulfonamides is 1. The van der Waals surface area contributed by atoms with Crippen LogP contribution in [0.1, 0.15) is 130 Å². The van der Waals surface area contributed by atoms with E-state index in [0.717, 1.165) is 65.0 Å². The van der Waals surface area contributed by atoms with Crippen molar-refractivity contribution < 1.29 is 22.7 Å². The Morgan fingerprint density at radius 3 is 1.24 bits per heavy atom. The number of rotatable bonds is 1. The number of morpholine rings is 2. The molecule has 4 aliphatic rings. The second-order valence-corrected chi connectivity index (χ2v) is 15.4. The zero-order valence-corrected chi connectivity index (χ0v) is 33.5. The first-order valence-corrected chi connectivity index (χ1v) is 19.8. The summed E-state index contributed by atoms with van der Waals surface area (Å²) >= 11 is 0. The van der Waals surface area contributed by atoms with Crippen molar-refractivity contribution >= 4 is 15.9 Å². The highest BCUT2D eigenvalue weighted by Gasteiger charge is 2.44. The Kier molecular flexibility index (Phi) is 21.9. The van der Waals surface area contributed by atoms with Crippen molar-refractivity contribution in [2.24, 2.45) is 0 Å². The second-order valence-electron chi connectivity index (χ2n) is 13.4. The quantitative estimate of drug-likeness (QED) is 0.316. The average molecular weight is 665 g/mol. The molecule has 2 spiro atoms. The topological polar surface area (TPSA) is 82.6 Å². The Labute approximate surface area is 280 Å². The van der Waals surface area contributed by atoms with E-state index in [1.807, 2.05) is 60.3 Å². The minimum absolute atomic E-state index is 0.0777. The summed E-state index contributed by atoms with van der Waals surface area (Å²) in [6, 6.07) is 0. The van der Waals surface area contributed by atoms with E-state index < -0.39 is 10.0 Å². The summed E-state index contributed by atoms with van der Waals surface area (Å²) < 4.78 is 37.0. The average Bonchev–Trinajstić information content (AvgIpc) is 3.01. The van der Waals surface area contributed by atoms with Gasteiger partial charge in [0.05, 0.1) is 30.7 Å². The van der Waals surface area contributed by atoms with Crippen LogP contribution >= 0.6 is 0 Å². The standard InChI is InChI=1S/C14H26N2O2.C13H26N2O3S.4C2H6/c1-12(17)15-9-10-18-14(11-15)5-7-16(8-6-14)13(2,3)4;1-12(2,3)14-7-5-13(6-8-14)11-15(9-10-18-13)19(4,16)17;4*1-2/h5-11H2,1-4H3;5-11H2,1-4H3;4*1-2H3. The lowest BCUT2D eigenvalue weighted by molar-refractivity contribution is -0.160. The van der Waals surface area contributed by atoms with Gasteiger partial charge in [-0.05, 0) is 67.2 Å². The molecule has 272 valence electrons. The number of piperidine rings is 2. The van der Waals surface area contributed by atoms with Crippen LogP contribution in [0.2, 0.25) is 0 Å². The maximum atomic E-state index is 11.7. The predicted octanol–water partition coefficient (Wildman–Crippen LogP) is 6.51. The summed E-state index contributed by atoms with van der Waals surface area (Å²) in [4.78, 5) is 18.4. The lowest BCUT2D eigenvalue weighted by atomic mass is 9.87. The van der Waals surface area contributed by atoms with E-state index in [2.05, 4.69) is 51.3 Å². The lowest BCUT2D eigenvalue weighted by Gasteiger charge is -2.49. The Balaban J connectivity index is 0. The maximum Gasteiger partial charge on any atom is 0.219 e. The minimum atomic E-state index is -3.10. The Hall–Kier alpha value is -0.780. The number of nitrogens with zero attached hydrogens (tertiary/aromatic N) is 4. The number of hydrogen-bond acceptors (Lipinski definition) is 7. The summed E-state index contributed by atoms with van der Waals surface area (Å²) in [5.41, 5.74) is 0.0675. The third-order valence-electron chi connectivity index (χ3n) is 8.62. The van der Waals surface area contributed by atoms with Crippen molar-refractivity contribution in [2.75, 3.05) is 71.8 Å². The van der Waals surface area contributed by atoms with Gasteiger partial charge in [-0.3, -0.25) is 14.6 Å². The van der Waals surface area contributed by atoms with Crippen molar-refractivity contribution in [3.8, 4) is 0 Å². The normalized spacial score (nSPS) is 22.0. The molecule has 4 fully saturated rings. The Morgan fingerprint density at radius 1 is 0.600 bits per heavy atom. The van der Waals surface area contributed by atoms with Crippen molar-refractivity contribution in [3.63, 3.8) is 0 Å². The molecular formula is C35H76N4O5S. The molecule has 9 nitrogen and oxygen atoms in total. The summed E-state index contributed by atoms with van der Waals surface area (Å²) in [6.07, 6.45) is 5.19. The molecule has 45 heavy (non-hydrogen) atoms. The highest BCUT2D eigenvalue weighted by Crippen LogP contribution is 2.34. The summed E-state index contributed by atoms with van der Waals surface area (Å²) in [5, 5.41) is 0. The SMILES string of the molecule is CC.CC.CC.CC.CC(=O)N1CCOC2(CCN(C(C)(C)C)CC2)C1.CC(C)(C)N1CCC2(CC1)CN(S(C)(=O)=O)CCO2. The molecule has 4 rings (SSSR count). The van der Waals surface area contributed by atoms with Gasteiger partial charge < -0.3 is 14.4 Å². The van der Waals surface area contributed by atoms with Crippen molar-refractivity contribution in [2.45, 2.75) is 152 Å². The first kappa shape index (κ1) is 46.3. The van der Waals surface area contributed by atoms with Gasteiger partial charge in [-0.2, -0.15) is 4.31 Å². The van der Waals surface area contributed by atoms with E-state index in [4.69, 9.17) is 9.47 Å². The highest BCUT2D eigenvalue weighted by molar-refractivity contribution is 7.88.